The summed E-state index contributed by atoms with van der Waals surface area (Å²) >= 11 is 0. The number of carbonyl (C=O) groups excluding carboxylic acids is 1. The molecular weight excluding hydrogens is 409 g/mol. The number of aromatic hydroxyl groups is 1. The highest BCUT2D eigenvalue weighted by molar-refractivity contribution is 5.95. The Hall–Kier alpha value is -3.48. The van der Waals surface area contributed by atoms with Gasteiger partial charge >= 0.3 is 0 Å². The fourth-order valence-corrected chi connectivity index (χ4v) is 4.90. The van der Waals surface area contributed by atoms with E-state index in [0.717, 1.165) is 35.7 Å². The third kappa shape index (κ3) is 4.02. The van der Waals surface area contributed by atoms with Crippen LogP contribution >= 0.6 is 0 Å². The zero-order valence-corrected chi connectivity index (χ0v) is 18.1. The normalized spacial score (nSPS) is 17.8. The molecule has 0 spiro atoms. The molecule has 0 bridgehead atoms. The fraction of sp³-hybridized carbons (Fsp3) is 0.320. The standard InChI is InChI=1S/C25H26FN3O3/c1-15-7-3-4-10-19(15)22(17-8-5-9-18(26)13-17)16(2)20-11-6-12-29(20)25(32)23-24(31)21(30)14-27-28-23/h3-5,7-10,13-14,16,20,22H,6,11-12H2,1-2H3,(H,27,31)(H,28,30)/t16-,20+,22-/m0/s1. The maximum absolute atomic E-state index is 14.2. The Morgan fingerprint density at radius 2 is 2.03 bits per heavy atom. The summed E-state index contributed by atoms with van der Waals surface area (Å²) in [6.07, 6.45) is 2.51. The summed E-state index contributed by atoms with van der Waals surface area (Å²) in [5.41, 5.74) is 2.13. The molecule has 0 radical (unpaired) electrons. The van der Waals surface area contributed by atoms with E-state index in [4.69, 9.17) is 0 Å². The molecule has 7 heteroatoms. The van der Waals surface area contributed by atoms with Crippen LogP contribution in [0.15, 0.2) is 59.5 Å². The van der Waals surface area contributed by atoms with Crippen molar-refractivity contribution >= 4 is 5.91 Å². The molecule has 2 N–H and O–H groups in total. The van der Waals surface area contributed by atoms with Crippen LogP contribution in [0, 0.1) is 18.7 Å². The summed E-state index contributed by atoms with van der Waals surface area (Å²) < 4.78 is 14.2. The van der Waals surface area contributed by atoms with Crippen molar-refractivity contribution in [1.29, 1.82) is 0 Å². The quantitative estimate of drug-likeness (QED) is 0.634. The highest BCUT2D eigenvalue weighted by atomic mass is 19.1. The van der Waals surface area contributed by atoms with E-state index in [0.29, 0.717) is 6.54 Å². The van der Waals surface area contributed by atoms with E-state index in [-0.39, 0.29) is 29.4 Å². The van der Waals surface area contributed by atoms with E-state index in [2.05, 4.69) is 17.1 Å². The summed E-state index contributed by atoms with van der Waals surface area (Å²) in [7, 11) is 0. The van der Waals surface area contributed by atoms with Crippen molar-refractivity contribution in [2.24, 2.45) is 5.92 Å². The van der Waals surface area contributed by atoms with E-state index in [1.165, 1.54) is 6.07 Å². The van der Waals surface area contributed by atoms with Crippen LogP contribution in [0.2, 0.25) is 0 Å². The second-order valence-corrected chi connectivity index (χ2v) is 8.41. The average molecular weight is 435 g/mol. The number of H-pyrrole nitrogens is 1. The Bertz CT molecular complexity index is 1190. The third-order valence-corrected chi connectivity index (χ3v) is 6.47. The predicted octanol–water partition coefficient (Wildman–Crippen LogP) is 4.00. The molecule has 1 fully saturated rings. The molecule has 166 valence electrons. The zero-order valence-electron chi connectivity index (χ0n) is 18.1. The molecule has 3 aromatic rings. The fourth-order valence-electron chi connectivity index (χ4n) is 4.90. The highest BCUT2D eigenvalue weighted by Gasteiger charge is 2.39. The first-order chi connectivity index (χ1) is 15.4. The van der Waals surface area contributed by atoms with Crippen molar-refractivity contribution in [1.82, 2.24) is 15.1 Å². The minimum absolute atomic E-state index is 0.0464. The van der Waals surface area contributed by atoms with Crippen LogP contribution in [-0.2, 0) is 0 Å². The van der Waals surface area contributed by atoms with Crippen LogP contribution in [0.25, 0.3) is 0 Å². The van der Waals surface area contributed by atoms with Gasteiger partial charge in [0.15, 0.2) is 11.4 Å². The number of hydrogen-bond acceptors (Lipinski definition) is 4. The SMILES string of the molecule is Cc1ccccc1[C@H](c1cccc(F)c1)[C@@H](C)[C@H]1CCCN1C(=O)c1[nH]ncc(=O)c1O. The van der Waals surface area contributed by atoms with Crippen molar-refractivity contribution in [3.8, 4) is 5.75 Å². The number of hydrogen-bond donors (Lipinski definition) is 2. The van der Waals surface area contributed by atoms with E-state index in [1.807, 2.05) is 37.3 Å². The molecule has 1 saturated heterocycles. The van der Waals surface area contributed by atoms with Crippen LogP contribution < -0.4 is 5.43 Å². The molecule has 1 aliphatic rings. The molecule has 2 aromatic carbocycles. The Morgan fingerprint density at radius 1 is 1.25 bits per heavy atom. The lowest BCUT2D eigenvalue weighted by atomic mass is 9.76. The molecule has 0 aliphatic carbocycles. The van der Waals surface area contributed by atoms with Gasteiger partial charge in [0, 0.05) is 18.5 Å². The molecule has 1 aliphatic heterocycles. The lowest BCUT2D eigenvalue weighted by Crippen LogP contribution is -2.42. The van der Waals surface area contributed by atoms with E-state index >= 15 is 0 Å². The van der Waals surface area contributed by atoms with Crippen molar-refractivity contribution in [2.75, 3.05) is 6.54 Å². The van der Waals surface area contributed by atoms with Crippen molar-refractivity contribution in [3.63, 3.8) is 0 Å². The predicted molar refractivity (Wildman–Crippen MR) is 119 cm³/mol. The van der Waals surface area contributed by atoms with Crippen LogP contribution in [0.4, 0.5) is 4.39 Å². The highest BCUT2D eigenvalue weighted by Crippen LogP contribution is 2.40. The molecular formula is C25H26FN3O3. The van der Waals surface area contributed by atoms with Gasteiger partial charge in [0.05, 0.1) is 6.20 Å². The number of aromatic amines is 1. The molecule has 6 nitrogen and oxygen atoms in total. The first kappa shape index (κ1) is 21.7. The zero-order chi connectivity index (χ0) is 22.8. The van der Waals surface area contributed by atoms with Gasteiger partial charge in [-0.05, 0) is 54.5 Å². The Morgan fingerprint density at radius 3 is 2.78 bits per heavy atom. The van der Waals surface area contributed by atoms with Gasteiger partial charge in [0.2, 0.25) is 5.43 Å². The van der Waals surface area contributed by atoms with E-state index in [1.54, 1.807) is 17.0 Å². The summed E-state index contributed by atoms with van der Waals surface area (Å²) in [5, 5.41) is 16.3. The summed E-state index contributed by atoms with van der Waals surface area (Å²) in [4.78, 5) is 26.7. The number of likely N-dealkylation sites (tertiary alicyclic amines) is 1. The largest absolute Gasteiger partial charge is 0.502 e. The summed E-state index contributed by atoms with van der Waals surface area (Å²) in [5.74, 6) is -1.55. The first-order valence-electron chi connectivity index (χ1n) is 10.8. The number of nitrogens with zero attached hydrogens (tertiary/aromatic N) is 2. The van der Waals surface area contributed by atoms with Crippen LogP contribution in [0.1, 0.15) is 52.9 Å². The van der Waals surface area contributed by atoms with Crippen molar-refractivity contribution in [2.45, 2.75) is 38.6 Å². The molecule has 1 aromatic heterocycles. The smallest absolute Gasteiger partial charge is 0.276 e. The molecule has 1 amide bonds. The lowest BCUT2D eigenvalue weighted by molar-refractivity contribution is 0.0675. The number of nitrogens with one attached hydrogen (secondary N) is 1. The molecule has 3 atom stereocenters. The Kier molecular flexibility index (Phi) is 6.08. The maximum atomic E-state index is 14.2. The minimum Gasteiger partial charge on any atom is -0.502 e. The summed E-state index contributed by atoms with van der Waals surface area (Å²) in [6.45, 7) is 4.61. The number of aromatic nitrogens is 2. The molecule has 0 unspecified atom stereocenters. The van der Waals surface area contributed by atoms with Crippen LogP contribution in [0.3, 0.4) is 0 Å². The number of aryl methyl sites for hydroxylation is 1. The average Bonchev–Trinajstić information content (AvgIpc) is 3.27. The van der Waals surface area contributed by atoms with Gasteiger partial charge in [-0.2, -0.15) is 5.10 Å². The van der Waals surface area contributed by atoms with E-state index < -0.39 is 17.1 Å². The third-order valence-electron chi connectivity index (χ3n) is 6.47. The second-order valence-electron chi connectivity index (χ2n) is 8.41. The number of carbonyl (C=O) groups is 1. The van der Waals surface area contributed by atoms with Crippen LogP contribution in [-0.4, -0.2) is 38.7 Å². The van der Waals surface area contributed by atoms with Gasteiger partial charge in [-0.3, -0.25) is 14.7 Å². The number of halogens is 1. The van der Waals surface area contributed by atoms with E-state index in [9.17, 15) is 19.1 Å². The number of benzene rings is 2. The Labute approximate surface area is 185 Å². The topological polar surface area (TPSA) is 86.3 Å². The van der Waals surface area contributed by atoms with Gasteiger partial charge in [0.25, 0.3) is 5.91 Å². The molecule has 2 heterocycles. The number of amides is 1. The maximum Gasteiger partial charge on any atom is 0.276 e. The van der Waals surface area contributed by atoms with Gasteiger partial charge in [0.1, 0.15) is 5.82 Å². The van der Waals surface area contributed by atoms with Gasteiger partial charge < -0.3 is 10.0 Å². The Balaban J connectivity index is 1.74. The number of rotatable bonds is 5. The van der Waals surface area contributed by atoms with Gasteiger partial charge in [-0.1, -0.05) is 43.3 Å². The molecule has 4 rings (SSSR count). The lowest BCUT2D eigenvalue weighted by Gasteiger charge is -2.35. The van der Waals surface area contributed by atoms with Crippen molar-refractivity contribution in [3.05, 3.63) is 93.2 Å². The van der Waals surface area contributed by atoms with Crippen molar-refractivity contribution < 1.29 is 14.3 Å². The molecule has 0 saturated carbocycles. The van der Waals surface area contributed by atoms with Gasteiger partial charge in [-0.25, -0.2) is 4.39 Å². The minimum atomic E-state index is -0.701. The molecule has 32 heavy (non-hydrogen) atoms. The van der Waals surface area contributed by atoms with Gasteiger partial charge in [-0.15, -0.1) is 0 Å². The first-order valence-corrected chi connectivity index (χ1v) is 10.8. The summed E-state index contributed by atoms with van der Waals surface area (Å²) in [6, 6.07) is 14.5. The van der Waals surface area contributed by atoms with Crippen LogP contribution in [0.5, 0.6) is 5.75 Å². The monoisotopic (exact) mass is 435 g/mol. The second kappa shape index (κ2) is 8.94.